The van der Waals surface area contributed by atoms with Gasteiger partial charge in [-0.25, -0.2) is 0 Å². The number of rotatable bonds is 3. The lowest BCUT2D eigenvalue weighted by Gasteiger charge is -2.22. The molecule has 0 N–H and O–H groups in total. The van der Waals surface area contributed by atoms with Gasteiger partial charge in [0.05, 0.1) is 12.7 Å². The van der Waals surface area contributed by atoms with Crippen molar-refractivity contribution in [1.29, 1.82) is 0 Å². The summed E-state index contributed by atoms with van der Waals surface area (Å²) in [4.78, 5) is 0. The Hall–Kier alpha value is -2.49. The predicted molar refractivity (Wildman–Crippen MR) is 93.4 cm³/mol. The van der Waals surface area contributed by atoms with E-state index in [1.54, 1.807) is 7.11 Å². The number of ether oxygens (including phenoxy) is 1. The van der Waals surface area contributed by atoms with Crippen LogP contribution in [0.5, 0.6) is 0 Å². The van der Waals surface area contributed by atoms with Gasteiger partial charge in [-0.3, -0.25) is 0 Å². The summed E-state index contributed by atoms with van der Waals surface area (Å²) in [6.45, 7) is 2.02. The molecule has 0 saturated heterocycles. The summed E-state index contributed by atoms with van der Waals surface area (Å²) in [5, 5.41) is 0. The van der Waals surface area contributed by atoms with E-state index in [9.17, 15) is 13.2 Å². The number of benzene rings is 2. The number of hydrogen-bond donors (Lipinski definition) is 0. The van der Waals surface area contributed by atoms with Crippen molar-refractivity contribution in [2.75, 3.05) is 7.11 Å². The number of hydrogen-bond acceptors (Lipinski definition) is 1. The number of alkyl halides is 3. The van der Waals surface area contributed by atoms with Crippen molar-refractivity contribution >= 4 is 11.1 Å². The maximum atomic E-state index is 12.8. The van der Waals surface area contributed by atoms with Gasteiger partial charge in [0.15, 0.2) is 0 Å². The molecule has 0 aliphatic heterocycles. The van der Waals surface area contributed by atoms with Gasteiger partial charge in [-0.15, -0.1) is 0 Å². The van der Waals surface area contributed by atoms with Crippen molar-refractivity contribution in [3.05, 3.63) is 89.0 Å². The minimum atomic E-state index is -4.33. The second-order valence-corrected chi connectivity index (χ2v) is 5.95. The highest BCUT2D eigenvalue weighted by Gasteiger charge is 2.30. The van der Waals surface area contributed by atoms with Crippen LogP contribution in [0.4, 0.5) is 13.2 Å². The average Bonchev–Trinajstić information content (AvgIpc) is 2.61. The summed E-state index contributed by atoms with van der Waals surface area (Å²) in [6.07, 6.45) is 0.406. The smallest absolute Gasteiger partial charge is 0.416 e. The lowest BCUT2D eigenvalue weighted by atomic mass is 9.88. The highest BCUT2D eigenvalue weighted by molar-refractivity contribution is 5.92. The van der Waals surface area contributed by atoms with Gasteiger partial charge in [-0.2, -0.15) is 13.2 Å². The first-order valence-electron chi connectivity index (χ1n) is 7.97. The fraction of sp³-hybridized carbons (Fsp3) is 0.190. The fourth-order valence-corrected chi connectivity index (χ4v) is 2.91. The Kier molecular flexibility index (Phi) is 4.71. The third-order valence-corrected chi connectivity index (χ3v) is 4.22. The lowest BCUT2D eigenvalue weighted by molar-refractivity contribution is -0.137. The summed E-state index contributed by atoms with van der Waals surface area (Å²) in [5.41, 5.74) is 4.02. The maximum absolute atomic E-state index is 12.8. The van der Waals surface area contributed by atoms with E-state index < -0.39 is 11.7 Å². The van der Waals surface area contributed by atoms with Gasteiger partial charge < -0.3 is 4.74 Å². The summed E-state index contributed by atoms with van der Waals surface area (Å²) >= 11 is 0. The summed E-state index contributed by atoms with van der Waals surface area (Å²) in [5.74, 6) is 0.676. The first kappa shape index (κ1) is 17.3. The third kappa shape index (κ3) is 3.63. The van der Waals surface area contributed by atoms with E-state index in [-0.39, 0.29) is 0 Å². The Morgan fingerprint density at radius 1 is 0.880 bits per heavy atom. The van der Waals surface area contributed by atoms with E-state index in [1.807, 2.05) is 37.6 Å². The fourth-order valence-electron chi connectivity index (χ4n) is 2.91. The number of allylic oxidation sites excluding steroid dienone is 3. The Morgan fingerprint density at radius 3 is 2.04 bits per heavy atom. The van der Waals surface area contributed by atoms with Crippen molar-refractivity contribution < 1.29 is 17.9 Å². The van der Waals surface area contributed by atoms with Crippen LogP contribution in [0.15, 0.2) is 60.4 Å². The van der Waals surface area contributed by atoms with Crippen LogP contribution in [0.3, 0.4) is 0 Å². The summed E-state index contributed by atoms with van der Waals surface area (Å²) in [6, 6.07) is 13.3. The molecule has 3 rings (SSSR count). The third-order valence-electron chi connectivity index (χ3n) is 4.22. The molecule has 1 aliphatic rings. The maximum Gasteiger partial charge on any atom is 0.416 e. The molecule has 0 fully saturated rings. The van der Waals surface area contributed by atoms with Gasteiger partial charge in [0.25, 0.3) is 0 Å². The highest BCUT2D eigenvalue weighted by atomic mass is 19.4. The van der Waals surface area contributed by atoms with Crippen LogP contribution < -0.4 is 0 Å². The van der Waals surface area contributed by atoms with Gasteiger partial charge in [0.1, 0.15) is 5.76 Å². The average molecular weight is 343 g/mol. The zero-order valence-corrected chi connectivity index (χ0v) is 14.0. The molecular formula is C21H18F3O. The molecule has 0 amide bonds. The van der Waals surface area contributed by atoms with E-state index in [0.29, 0.717) is 17.7 Å². The van der Waals surface area contributed by atoms with Gasteiger partial charge in [-0.1, -0.05) is 48.0 Å². The lowest BCUT2D eigenvalue weighted by Crippen LogP contribution is -2.06. The minimum absolute atomic E-state index is 0.652. The van der Waals surface area contributed by atoms with E-state index in [4.69, 9.17) is 4.74 Å². The molecule has 1 nitrogen and oxygen atoms in total. The minimum Gasteiger partial charge on any atom is -0.496 e. The van der Waals surface area contributed by atoms with E-state index in [0.717, 1.165) is 34.4 Å². The van der Waals surface area contributed by atoms with E-state index in [1.165, 1.54) is 12.1 Å². The molecule has 0 heterocycles. The molecule has 25 heavy (non-hydrogen) atoms. The molecule has 2 aromatic rings. The van der Waals surface area contributed by atoms with Crippen molar-refractivity contribution in [1.82, 2.24) is 0 Å². The van der Waals surface area contributed by atoms with Crippen LogP contribution in [-0.4, -0.2) is 7.11 Å². The molecule has 4 heteroatoms. The molecule has 0 aromatic heterocycles. The Bertz CT molecular complexity index is 810. The van der Waals surface area contributed by atoms with Gasteiger partial charge in [-0.05, 0) is 43.0 Å². The van der Waals surface area contributed by atoms with Crippen LogP contribution in [0.25, 0.3) is 11.1 Å². The highest BCUT2D eigenvalue weighted by Crippen LogP contribution is 2.38. The van der Waals surface area contributed by atoms with Crippen molar-refractivity contribution in [2.24, 2.45) is 0 Å². The Labute approximate surface area is 145 Å². The largest absolute Gasteiger partial charge is 0.496 e. The number of methoxy groups -OCH3 is 1. The molecule has 0 saturated carbocycles. The van der Waals surface area contributed by atoms with E-state index >= 15 is 0 Å². The monoisotopic (exact) mass is 343 g/mol. The molecule has 0 atom stereocenters. The topological polar surface area (TPSA) is 9.23 Å². The van der Waals surface area contributed by atoms with Gasteiger partial charge in [0.2, 0.25) is 0 Å². The van der Waals surface area contributed by atoms with Crippen LogP contribution in [0.1, 0.15) is 28.7 Å². The zero-order chi connectivity index (χ0) is 18.0. The molecule has 2 aromatic carbocycles. The van der Waals surface area contributed by atoms with E-state index in [2.05, 4.69) is 6.08 Å². The molecule has 129 valence electrons. The SMILES string of the molecule is COC1=C(c2ccc(C(F)(F)F)cc2)[CH]CC=C1c1ccc(C)cc1. The van der Waals surface area contributed by atoms with Crippen molar-refractivity contribution in [3.63, 3.8) is 0 Å². The molecule has 1 radical (unpaired) electrons. The number of aryl methyl sites for hydroxylation is 1. The van der Waals surface area contributed by atoms with Crippen LogP contribution in [0.2, 0.25) is 0 Å². The van der Waals surface area contributed by atoms with Crippen molar-refractivity contribution in [2.45, 2.75) is 19.5 Å². The normalized spacial score (nSPS) is 15.2. The van der Waals surface area contributed by atoms with Crippen LogP contribution in [-0.2, 0) is 10.9 Å². The zero-order valence-electron chi connectivity index (χ0n) is 14.0. The van der Waals surface area contributed by atoms with Gasteiger partial charge >= 0.3 is 6.18 Å². The predicted octanol–water partition coefficient (Wildman–Crippen LogP) is 6.06. The molecule has 1 aliphatic carbocycles. The van der Waals surface area contributed by atoms with Crippen LogP contribution in [0, 0.1) is 13.3 Å². The number of halogens is 3. The molecule has 0 unspecified atom stereocenters. The Balaban J connectivity index is 2.01. The second-order valence-electron chi connectivity index (χ2n) is 5.95. The quantitative estimate of drug-likeness (QED) is 0.658. The van der Waals surface area contributed by atoms with Crippen LogP contribution >= 0.6 is 0 Å². The second kappa shape index (κ2) is 6.79. The first-order valence-corrected chi connectivity index (χ1v) is 7.97. The van der Waals surface area contributed by atoms with Gasteiger partial charge in [0, 0.05) is 11.1 Å². The first-order chi connectivity index (χ1) is 11.9. The molecule has 0 bridgehead atoms. The summed E-state index contributed by atoms with van der Waals surface area (Å²) < 4.78 is 43.9. The Morgan fingerprint density at radius 2 is 1.48 bits per heavy atom. The molecule has 0 spiro atoms. The standard InChI is InChI=1S/C21H18F3O/c1-14-6-8-15(9-7-14)18-4-3-5-19(20(18)25-2)16-10-12-17(13-11-16)21(22,23)24/h4-13H,3H2,1-2H3. The van der Waals surface area contributed by atoms with Crippen molar-refractivity contribution in [3.8, 4) is 0 Å². The summed E-state index contributed by atoms with van der Waals surface area (Å²) in [7, 11) is 1.58. The molecular weight excluding hydrogens is 325 g/mol.